The van der Waals surface area contributed by atoms with Gasteiger partial charge >= 0.3 is 0 Å². The zero-order valence-corrected chi connectivity index (χ0v) is 15.5. The van der Waals surface area contributed by atoms with Crippen molar-refractivity contribution >= 4 is 5.91 Å². The lowest BCUT2D eigenvalue weighted by Gasteiger charge is -2.43. The number of nitrogens with zero attached hydrogens (tertiary/aromatic N) is 4. The summed E-state index contributed by atoms with van der Waals surface area (Å²) >= 11 is 0. The molecular formula is C19H30N4O2. The number of methoxy groups -OCH3 is 1. The fraction of sp³-hybridized carbons (Fsp3) is 0.789. The Labute approximate surface area is 150 Å². The zero-order chi connectivity index (χ0) is 17.4. The van der Waals surface area contributed by atoms with Crippen LogP contribution in [0.2, 0.25) is 0 Å². The van der Waals surface area contributed by atoms with E-state index in [1.165, 1.54) is 32.4 Å². The van der Waals surface area contributed by atoms with Gasteiger partial charge in [0.25, 0.3) is 5.91 Å². The van der Waals surface area contributed by atoms with Crippen LogP contribution in [-0.2, 0) is 11.8 Å². The van der Waals surface area contributed by atoms with Gasteiger partial charge in [-0.2, -0.15) is 5.10 Å². The van der Waals surface area contributed by atoms with Crippen LogP contribution in [0.25, 0.3) is 0 Å². The van der Waals surface area contributed by atoms with Crippen molar-refractivity contribution in [3.63, 3.8) is 0 Å². The van der Waals surface area contributed by atoms with Crippen molar-refractivity contribution in [2.75, 3.05) is 39.9 Å². The minimum Gasteiger partial charge on any atom is -0.384 e. The summed E-state index contributed by atoms with van der Waals surface area (Å²) < 4.78 is 7.24. The number of ether oxygens (including phenoxy) is 1. The number of aryl methyl sites for hydroxylation is 1. The molecule has 0 N–H and O–H groups in total. The average Bonchev–Trinajstić information content (AvgIpc) is 3.11. The van der Waals surface area contributed by atoms with Crippen LogP contribution in [0.5, 0.6) is 0 Å². The van der Waals surface area contributed by atoms with Crippen LogP contribution < -0.4 is 0 Å². The molecule has 0 bridgehead atoms. The second-order valence-electron chi connectivity index (χ2n) is 8.16. The van der Waals surface area contributed by atoms with Gasteiger partial charge in [0.1, 0.15) is 5.69 Å². The lowest BCUT2D eigenvalue weighted by atomic mass is 9.71. The highest BCUT2D eigenvalue weighted by molar-refractivity contribution is 5.92. The summed E-state index contributed by atoms with van der Waals surface area (Å²) in [6.45, 7) is 4.91. The number of likely N-dealkylation sites (tertiary alicyclic amines) is 2. The van der Waals surface area contributed by atoms with Crippen LogP contribution in [0.15, 0.2) is 12.3 Å². The second kappa shape index (κ2) is 6.72. The van der Waals surface area contributed by atoms with Gasteiger partial charge in [-0.25, -0.2) is 0 Å². The number of piperidine rings is 1. The molecule has 1 aliphatic carbocycles. The number of carbonyl (C=O) groups excluding carboxylic acids is 1. The number of hydrogen-bond donors (Lipinski definition) is 0. The highest BCUT2D eigenvalue weighted by Crippen LogP contribution is 2.47. The molecule has 1 aromatic rings. The van der Waals surface area contributed by atoms with Gasteiger partial charge in [0, 0.05) is 58.5 Å². The summed E-state index contributed by atoms with van der Waals surface area (Å²) in [6, 6.07) is 2.61. The Bertz CT molecular complexity index is 617. The molecule has 1 amide bonds. The molecule has 0 radical (unpaired) electrons. The van der Waals surface area contributed by atoms with Gasteiger partial charge < -0.3 is 9.64 Å². The number of amides is 1. The van der Waals surface area contributed by atoms with E-state index >= 15 is 0 Å². The van der Waals surface area contributed by atoms with Gasteiger partial charge in [-0.15, -0.1) is 0 Å². The third-order valence-corrected chi connectivity index (χ3v) is 6.88. The molecule has 3 heterocycles. The SMILES string of the molecule is COCC1CN(C2CCC2)CC12CCN(C(=O)c1ccnn1C)CC2. The van der Waals surface area contributed by atoms with E-state index in [0.29, 0.717) is 17.0 Å². The summed E-state index contributed by atoms with van der Waals surface area (Å²) in [4.78, 5) is 17.5. The average molecular weight is 346 g/mol. The van der Waals surface area contributed by atoms with Gasteiger partial charge in [-0.1, -0.05) is 6.42 Å². The molecule has 6 heteroatoms. The lowest BCUT2D eigenvalue weighted by molar-refractivity contribution is 0.0307. The van der Waals surface area contributed by atoms with Crippen molar-refractivity contribution in [2.45, 2.75) is 38.1 Å². The smallest absolute Gasteiger partial charge is 0.272 e. The van der Waals surface area contributed by atoms with Crippen molar-refractivity contribution in [3.05, 3.63) is 18.0 Å². The van der Waals surface area contributed by atoms with E-state index in [1.807, 2.05) is 25.1 Å². The molecule has 6 nitrogen and oxygen atoms in total. The minimum atomic E-state index is 0.118. The molecule has 1 aromatic heterocycles. The molecule has 25 heavy (non-hydrogen) atoms. The Hall–Kier alpha value is -1.40. The lowest BCUT2D eigenvalue weighted by Crippen LogP contribution is -2.48. The molecule has 2 aliphatic heterocycles. The summed E-state index contributed by atoms with van der Waals surface area (Å²) in [5, 5.41) is 4.13. The van der Waals surface area contributed by atoms with E-state index in [2.05, 4.69) is 10.00 Å². The topological polar surface area (TPSA) is 50.6 Å². The van der Waals surface area contributed by atoms with Gasteiger partial charge in [-0.05, 0) is 37.2 Å². The molecule has 138 valence electrons. The Morgan fingerprint density at radius 2 is 2.12 bits per heavy atom. The van der Waals surface area contributed by atoms with E-state index in [4.69, 9.17) is 4.74 Å². The zero-order valence-electron chi connectivity index (χ0n) is 15.5. The van der Waals surface area contributed by atoms with Crippen LogP contribution in [0.3, 0.4) is 0 Å². The number of aromatic nitrogens is 2. The largest absolute Gasteiger partial charge is 0.384 e. The maximum Gasteiger partial charge on any atom is 0.272 e. The molecule has 3 fully saturated rings. The molecule has 1 atom stereocenters. The Balaban J connectivity index is 1.43. The van der Waals surface area contributed by atoms with Crippen LogP contribution >= 0.6 is 0 Å². The van der Waals surface area contributed by atoms with E-state index < -0.39 is 0 Å². The van der Waals surface area contributed by atoms with Crippen LogP contribution in [0, 0.1) is 11.3 Å². The van der Waals surface area contributed by atoms with Crippen LogP contribution in [-0.4, -0.2) is 71.4 Å². The number of rotatable bonds is 4. The first-order chi connectivity index (χ1) is 12.1. The normalized spacial score (nSPS) is 27.0. The van der Waals surface area contributed by atoms with Crippen LogP contribution in [0.1, 0.15) is 42.6 Å². The molecule has 3 aliphatic rings. The summed E-state index contributed by atoms with van der Waals surface area (Å²) in [7, 11) is 3.65. The Morgan fingerprint density at radius 1 is 1.36 bits per heavy atom. The predicted octanol–water partition coefficient (Wildman–Crippen LogP) is 1.77. The highest BCUT2D eigenvalue weighted by Gasteiger charge is 2.50. The molecular weight excluding hydrogens is 316 g/mol. The first-order valence-electron chi connectivity index (χ1n) is 9.63. The first kappa shape index (κ1) is 17.0. The fourth-order valence-corrected chi connectivity index (χ4v) is 5.00. The Kier molecular flexibility index (Phi) is 4.58. The van der Waals surface area contributed by atoms with Gasteiger partial charge in [-0.3, -0.25) is 14.4 Å². The van der Waals surface area contributed by atoms with Gasteiger partial charge in [0.15, 0.2) is 0 Å². The fourth-order valence-electron chi connectivity index (χ4n) is 5.00. The number of hydrogen-bond acceptors (Lipinski definition) is 4. The predicted molar refractivity (Wildman–Crippen MR) is 95.4 cm³/mol. The summed E-state index contributed by atoms with van der Waals surface area (Å²) in [5.41, 5.74) is 1.02. The van der Waals surface area contributed by atoms with Gasteiger partial charge in [0.2, 0.25) is 0 Å². The maximum absolute atomic E-state index is 12.8. The van der Waals surface area contributed by atoms with E-state index in [0.717, 1.165) is 38.6 Å². The van der Waals surface area contributed by atoms with Crippen molar-refractivity contribution in [1.29, 1.82) is 0 Å². The monoisotopic (exact) mass is 346 g/mol. The third kappa shape index (κ3) is 2.99. The summed E-state index contributed by atoms with van der Waals surface area (Å²) in [5.74, 6) is 0.721. The second-order valence-corrected chi connectivity index (χ2v) is 8.16. The first-order valence-corrected chi connectivity index (χ1v) is 9.63. The molecule has 1 spiro atoms. The van der Waals surface area contributed by atoms with Crippen molar-refractivity contribution in [1.82, 2.24) is 19.6 Å². The number of carbonyl (C=O) groups is 1. The van der Waals surface area contributed by atoms with E-state index in [9.17, 15) is 4.79 Å². The quantitative estimate of drug-likeness (QED) is 0.834. The van der Waals surface area contributed by atoms with Crippen molar-refractivity contribution in [2.24, 2.45) is 18.4 Å². The minimum absolute atomic E-state index is 0.118. The van der Waals surface area contributed by atoms with Crippen LogP contribution in [0.4, 0.5) is 0 Å². The molecule has 2 saturated heterocycles. The highest BCUT2D eigenvalue weighted by atomic mass is 16.5. The van der Waals surface area contributed by atoms with Crippen molar-refractivity contribution in [3.8, 4) is 0 Å². The van der Waals surface area contributed by atoms with E-state index in [-0.39, 0.29) is 5.91 Å². The van der Waals surface area contributed by atoms with Gasteiger partial charge in [0.05, 0.1) is 6.61 Å². The molecule has 1 unspecified atom stereocenters. The Morgan fingerprint density at radius 3 is 2.68 bits per heavy atom. The molecule has 1 saturated carbocycles. The molecule has 0 aromatic carbocycles. The maximum atomic E-state index is 12.8. The molecule has 4 rings (SSSR count). The summed E-state index contributed by atoms with van der Waals surface area (Å²) in [6.07, 6.45) is 7.99. The third-order valence-electron chi connectivity index (χ3n) is 6.88. The van der Waals surface area contributed by atoms with Crippen molar-refractivity contribution < 1.29 is 9.53 Å². The standard InChI is InChI=1S/C19H30N4O2/c1-21-17(6-9-20-21)18(24)22-10-7-19(8-11-22)14-23(16-4-3-5-16)12-15(19)13-25-2/h6,9,15-16H,3-5,7-8,10-14H2,1-2H3. The van der Waals surface area contributed by atoms with E-state index in [1.54, 1.807) is 10.9 Å².